The lowest BCUT2D eigenvalue weighted by Gasteiger charge is -2.25. The van der Waals surface area contributed by atoms with Gasteiger partial charge in [0, 0.05) is 31.6 Å². The van der Waals surface area contributed by atoms with E-state index in [2.05, 4.69) is 10.3 Å². The third-order valence-corrected chi connectivity index (χ3v) is 7.04. The van der Waals surface area contributed by atoms with Crippen molar-refractivity contribution >= 4 is 26.7 Å². The van der Waals surface area contributed by atoms with Crippen LogP contribution in [0.1, 0.15) is 32.1 Å². The Labute approximate surface area is 154 Å². The summed E-state index contributed by atoms with van der Waals surface area (Å²) < 4.78 is 32.9. The summed E-state index contributed by atoms with van der Waals surface area (Å²) in [7, 11) is -3.41. The van der Waals surface area contributed by atoms with Crippen LogP contribution in [-0.4, -0.2) is 50.1 Å². The molecule has 26 heavy (non-hydrogen) atoms. The number of fused-ring (bicyclic) bond motifs is 1. The van der Waals surface area contributed by atoms with E-state index in [1.54, 1.807) is 22.5 Å². The van der Waals surface area contributed by atoms with Gasteiger partial charge in [0.1, 0.15) is 5.82 Å². The van der Waals surface area contributed by atoms with Crippen molar-refractivity contribution in [3.05, 3.63) is 30.3 Å². The zero-order valence-corrected chi connectivity index (χ0v) is 15.7. The quantitative estimate of drug-likeness (QED) is 0.870. The molecule has 0 amide bonds. The van der Waals surface area contributed by atoms with Crippen LogP contribution >= 0.6 is 0 Å². The number of ether oxygens (including phenoxy) is 1. The minimum absolute atomic E-state index is 0.254. The summed E-state index contributed by atoms with van der Waals surface area (Å²) in [6.07, 6.45) is 5.44. The summed E-state index contributed by atoms with van der Waals surface area (Å²) in [4.78, 5) is 4.95. The molecular weight excluding hydrogens is 350 g/mol. The first-order chi connectivity index (χ1) is 12.6. The molecule has 0 spiro atoms. The maximum absolute atomic E-state index is 12.8. The van der Waals surface area contributed by atoms with Crippen LogP contribution in [0.3, 0.4) is 0 Å². The van der Waals surface area contributed by atoms with E-state index in [4.69, 9.17) is 4.74 Å². The second-order valence-corrected chi connectivity index (χ2v) is 8.97. The lowest BCUT2D eigenvalue weighted by atomic mass is 10.2. The number of hydrogen-bond acceptors (Lipinski definition) is 5. The average molecular weight is 375 g/mol. The number of nitrogens with one attached hydrogen (secondary N) is 1. The van der Waals surface area contributed by atoms with Crippen LogP contribution in [-0.2, 0) is 14.8 Å². The Balaban J connectivity index is 1.52. The lowest BCUT2D eigenvalue weighted by Crippen LogP contribution is -2.35. The molecule has 2 fully saturated rings. The minimum Gasteiger partial charge on any atom is -0.376 e. The molecule has 1 aromatic heterocycles. The van der Waals surface area contributed by atoms with Crippen molar-refractivity contribution in [1.82, 2.24) is 9.29 Å². The molecule has 2 aromatic rings. The number of nitrogens with zero attached hydrogens (tertiary/aromatic N) is 2. The molecule has 1 atom stereocenters. The van der Waals surface area contributed by atoms with Crippen LogP contribution in [0.25, 0.3) is 10.9 Å². The lowest BCUT2D eigenvalue weighted by molar-refractivity contribution is 0.120. The normalized spacial score (nSPS) is 21.9. The van der Waals surface area contributed by atoms with E-state index in [1.807, 2.05) is 12.1 Å². The summed E-state index contributed by atoms with van der Waals surface area (Å²) in [5.74, 6) is 0.791. The van der Waals surface area contributed by atoms with Crippen LogP contribution < -0.4 is 5.32 Å². The zero-order valence-electron chi connectivity index (χ0n) is 14.9. The molecule has 1 aromatic carbocycles. The molecule has 4 rings (SSSR count). The second-order valence-electron chi connectivity index (χ2n) is 7.03. The van der Waals surface area contributed by atoms with Gasteiger partial charge in [-0.3, -0.25) is 0 Å². The first-order valence-electron chi connectivity index (χ1n) is 9.39. The zero-order chi connectivity index (χ0) is 18.0. The smallest absolute Gasteiger partial charge is 0.243 e. The number of piperidine rings is 1. The molecule has 1 N–H and O–H groups in total. The highest BCUT2D eigenvalue weighted by atomic mass is 32.2. The van der Waals surface area contributed by atoms with Gasteiger partial charge in [-0.1, -0.05) is 6.42 Å². The Bertz CT molecular complexity index is 873. The van der Waals surface area contributed by atoms with Gasteiger partial charge in [0.05, 0.1) is 16.5 Å². The largest absolute Gasteiger partial charge is 0.376 e. The Hall–Kier alpha value is -1.70. The standard InChI is InChI=1S/C19H25N3O3S/c23-26(24,22-10-2-1-3-11-22)17-7-8-18-15(13-17)6-9-19(21-18)20-14-16-5-4-12-25-16/h6-9,13,16H,1-5,10-12,14H2,(H,20,21)/t16-/m1/s1. The van der Waals surface area contributed by atoms with E-state index >= 15 is 0 Å². The second kappa shape index (κ2) is 7.50. The van der Waals surface area contributed by atoms with Crippen molar-refractivity contribution in [3.8, 4) is 0 Å². The molecule has 0 unspecified atom stereocenters. The molecule has 2 aliphatic rings. The maximum Gasteiger partial charge on any atom is 0.243 e. The summed E-state index contributed by atoms with van der Waals surface area (Å²) in [5.41, 5.74) is 0.792. The van der Waals surface area contributed by atoms with Gasteiger partial charge in [0.25, 0.3) is 0 Å². The van der Waals surface area contributed by atoms with E-state index in [0.717, 1.165) is 62.0 Å². The van der Waals surface area contributed by atoms with Crippen molar-refractivity contribution in [2.75, 3.05) is 31.6 Å². The third kappa shape index (κ3) is 3.70. The molecule has 140 valence electrons. The molecule has 0 bridgehead atoms. The Morgan fingerprint density at radius 1 is 1.12 bits per heavy atom. The number of benzene rings is 1. The van der Waals surface area contributed by atoms with E-state index in [9.17, 15) is 8.42 Å². The monoisotopic (exact) mass is 375 g/mol. The number of sulfonamides is 1. The Kier molecular flexibility index (Phi) is 5.11. The Morgan fingerprint density at radius 3 is 2.73 bits per heavy atom. The number of anilines is 1. The fourth-order valence-corrected chi connectivity index (χ4v) is 5.19. The van der Waals surface area contributed by atoms with Gasteiger partial charge in [-0.2, -0.15) is 4.31 Å². The molecule has 0 saturated carbocycles. The van der Waals surface area contributed by atoms with Gasteiger partial charge >= 0.3 is 0 Å². The summed E-state index contributed by atoms with van der Waals surface area (Å²) in [6.45, 7) is 2.82. The number of aromatic nitrogens is 1. The Morgan fingerprint density at radius 2 is 1.96 bits per heavy atom. The van der Waals surface area contributed by atoms with E-state index in [0.29, 0.717) is 18.0 Å². The van der Waals surface area contributed by atoms with Crippen LogP contribution in [0.15, 0.2) is 35.2 Å². The molecule has 2 saturated heterocycles. The summed E-state index contributed by atoms with van der Waals surface area (Å²) >= 11 is 0. The van der Waals surface area contributed by atoms with Gasteiger partial charge in [-0.15, -0.1) is 0 Å². The predicted molar refractivity (Wildman–Crippen MR) is 102 cm³/mol. The summed E-state index contributed by atoms with van der Waals surface area (Å²) in [5, 5.41) is 4.15. The van der Waals surface area contributed by atoms with Crippen LogP contribution in [0.2, 0.25) is 0 Å². The SMILES string of the molecule is O=S(=O)(c1ccc2nc(NC[C@H]3CCCO3)ccc2c1)N1CCCCC1. The highest BCUT2D eigenvalue weighted by Crippen LogP contribution is 2.24. The van der Waals surface area contributed by atoms with E-state index < -0.39 is 10.0 Å². The number of pyridine rings is 1. The van der Waals surface area contributed by atoms with Crippen molar-refractivity contribution in [3.63, 3.8) is 0 Å². The fourth-order valence-electron chi connectivity index (χ4n) is 3.64. The maximum atomic E-state index is 12.8. The molecule has 3 heterocycles. The van der Waals surface area contributed by atoms with Gasteiger partial charge in [-0.25, -0.2) is 13.4 Å². The first-order valence-corrected chi connectivity index (χ1v) is 10.8. The topological polar surface area (TPSA) is 71.5 Å². The number of rotatable bonds is 5. The van der Waals surface area contributed by atoms with Crippen LogP contribution in [0, 0.1) is 0 Å². The van der Waals surface area contributed by atoms with Crippen molar-refractivity contribution < 1.29 is 13.2 Å². The predicted octanol–water partition coefficient (Wildman–Crippen LogP) is 3.00. The molecule has 0 aliphatic carbocycles. The molecule has 0 radical (unpaired) electrons. The van der Waals surface area contributed by atoms with Crippen LogP contribution in [0.5, 0.6) is 0 Å². The van der Waals surface area contributed by atoms with E-state index in [-0.39, 0.29) is 6.10 Å². The minimum atomic E-state index is -3.41. The van der Waals surface area contributed by atoms with E-state index in [1.165, 1.54) is 0 Å². The average Bonchev–Trinajstić information content (AvgIpc) is 3.20. The third-order valence-electron chi connectivity index (χ3n) is 5.15. The molecule has 6 nitrogen and oxygen atoms in total. The number of hydrogen-bond donors (Lipinski definition) is 1. The highest BCUT2D eigenvalue weighted by Gasteiger charge is 2.26. The van der Waals surface area contributed by atoms with Crippen molar-refractivity contribution in [2.45, 2.75) is 43.1 Å². The van der Waals surface area contributed by atoms with Gasteiger partial charge in [0.2, 0.25) is 10.0 Å². The molecular formula is C19H25N3O3S. The molecule has 2 aliphatic heterocycles. The van der Waals surface area contributed by atoms with Crippen LogP contribution in [0.4, 0.5) is 5.82 Å². The van der Waals surface area contributed by atoms with Crippen molar-refractivity contribution in [2.24, 2.45) is 0 Å². The van der Waals surface area contributed by atoms with Gasteiger partial charge < -0.3 is 10.1 Å². The summed E-state index contributed by atoms with van der Waals surface area (Å²) in [6, 6.07) is 9.02. The van der Waals surface area contributed by atoms with Gasteiger partial charge in [0.15, 0.2) is 0 Å². The van der Waals surface area contributed by atoms with Gasteiger partial charge in [-0.05, 0) is 56.0 Å². The van der Waals surface area contributed by atoms with Crippen molar-refractivity contribution in [1.29, 1.82) is 0 Å². The molecule has 7 heteroatoms. The first kappa shape index (κ1) is 17.7. The fraction of sp³-hybridized carbons (Fsp3) is 0.526. The highest BCUT2D eigenvalue weighted by molar-refractivity contribution is 7.89.